The fourth-order valence-corrected chi connectivity index (χ4v) is 2.27. The molecule has 0 spiro atoms. The van der Waals surface area contributed by atoms with Crippen molar-refractivity contribution in [2.75, 3.05) is 0 Å². The summed E-state index contributed by atoms with van der Waals surface area (Å²) in [6.45, 7) is 21.5. The van der Waals surface area contributed by atoms with Gasteiger partial charge in [-0.1, -0.05) is 55.4 Å². The maximum absolute atomic E-state index is 2.24. The molecule has 0 amide bonds. The Hall–Kier alpha value is -0.136. The van der Waals surface area contributed by atoms with Crippen LogP contribution >= 0.6 is 0 Å². The summed E-state index contributed by atoms with van der Waals surface area (Å²) in [6, 6.07) is 4.48. The molecule has 0 aromatic heterocycles. The van der Waals surface area contributed by atoms with Crippen LogP contribution in [0, 0.1) is 55.4 Å². The van der Waals surface area contributed by atoms with Crippen molar-refractivity contribution < 1.29 is 44.8 Å². The van der Waals surface area contributed by atoms with Crippen molar-refractivity contribution in [3.05, 3.63) is 56.6 Å². The number of hydrogen-bond donors (Lipinski definition) is 0. The number of hydrogen-bond acceptors (Lipinski definition) is 0. The van der Waals surface area contributed by atoms with Gasteiger partial charge in [0.05, 0.1) is 0 Å². The summed E-state index contributed by atoms with van der Waals surface area (Å²) in [5.41, 5.74) is 11.5. The Balaban J connectivity index is -0.000000283. The van der Waals surface area contributed by atoms with E-state index >= 15 is 0 Å². The van der Waals surface area contributed by atoms with Gasteiger partial charge in [-0.2, -0.15) is 56.6 Å². The van der Waals surface area contributed by atoms with Crippen molar-refractivity contribution >= 4 is 3.81 Å². The van der Waals surface area contributed by atoms with E-state index in [2.05, 4.69) is 101 Å². The molecule has 0 fully saturated rings. The molecule has 0 unspecified atom stereocenters. The van der Waals surface area contributed by atoms with Crippen LogP contribution in [-0.4, -0.2) is 3.81 Å². The molecule has 2 aromatic carbocycles. The van der Waals surface area contributed by atoms with Gasteiger partial charge in [-0.15, -0.1) is 0 Å². The third-order valence-electron chi connectivity index (χ3n) is 4.36. The standard InChI is InChI=1S/2C9H13.C3H6.2ClH.Ti/c2*1-6-5-7(2)9(4)8(6)3;1-3-2;;;/h2*5H,1-4H3;1-2H3;2*1H;/q2*-1;;;;+2/p-2. The molecule has 0 radical (unpaired) electrons. The molecule has 0 aliphatic heterocycles. The third kappa shape index (κ3) is 9.37. The summed E-state index contributed by atoms with van der Waals surface area (Å²) >= 11 is 2.08. The van der Waals surface area contributed by atoms with Crippen LogP contribution in [0.15, 0.2) is 12.1 Å². The van der Waals surface area contributed by atoms with Gasteiger partial charge in [0, 0.05) is 0 Å². The summed E-state index contributed by atoms with van der Waals surface area (Å²) in [5, 5.41) is 0. The second kappa shape index (κ2) is 13.1. The van der Waals surface area contributed by atoms with Gasteiger partial charge in [0.1, 0.15) is 0 Å². The smallest absolute Gasteiger partial charge is 0.0630 e. The summed E-state index contributed by atoms with van der Waals surface area (Å²) in [5.74, 6) is 0. The molecule has 2 rings (SSSR count). The number of aryl methyl sites for hydroxylation is 4. The normalized spacial score (nSPS) is 8.83. The molecule has 0 saturated heterocycles. The van der Waals surface area contributed by atoms with Crippen molar-refractivity contribution in [2.24, 2.45) is 0 Å². The average Bonchev–Trinajstić information content (AvgIpc) is 2.75. The van der Waals surface area contributed by atoms with Crippen LogP contribution in [0.5, 0.6) is 0 Å². The Bertz CT molecular complexity index is 532. The Labute approximate surface area is 173 Å². The Morgan fingerprint density at radius 2 is 0.917 bits per heavy atom. The van der Waals surface area contributed by atoms with Crippen molar-refractivity contribution in [3.8, 4) is 0 Å². The Morgan fingerprint density at radius 3 is 0.958 bits per heavy atom. The SMILES string of the molecule is C[C](C)=[Ti+2].Cc1c[c-](C)c(C)c1C.Cc1c[c-](C)c(C)c1C.[Cl-].[Cl-]. The second-order valence-electron chi connectivity index (χ2n) is 6.52. The first-order valence-electron chi connectivity index (χ1n) is 7.90. The molecule has 136 valence electrons. The summed E-state index contributed by atoms with van der Waals surface area (Å²) < 4.78 is 1.42. The fraction of sp³-hybridized carbons (Fsp3) is 0.476. The van der Waals surface area contributed by atoms with Crippen LogP contribution in [-0.2, 0) is 20.0 Å². The number of rotatable bonds is 0. The van der Waals surface area contributed by atoms with Gasteiger partial charge < -0.3 is 24.8 Å². The van der Waals surface area contributed by atoms with Gasteiger partial charge in [-0.25, -0.2) is 0 Å². The molecule has 0 saturated carbocycles. The average molecular weight is 403 g/mol. The van der Waals surface area contributed by atoms with Gasteiger partial charge in [0.2, 0.25) is 0 Å². The van der Waals surface area contributed by atoms with Crippen LogP contribution in [0.25, 0.3) is 0 Å². The largest absolute Gasteiger partial charge is 1.00 e. The molecule has 2 aromatic rings. The van der Waals surface area contributed by atoms with Crippen molar-refractivity contribution in [1.29, 1.82) is 0 Å². The first-order chi connectivity index (χ1) is 9.98. The van der Waals surface area contributed by atoms with E-state index in [1.54, 1.807) is 0 Å². The van der Waals surface area contributed by atoms with E-state index in [9.17, 15) is 0 Å². The third-order valence-corrected chi connectivity index (χ3v) is 4.36. The van der Waals surface area contributed by atoms with E-state index in [-0.39, 0.29) is 24.8 Å². The van der Waals surface area contributed by atoms with Gasteiger partial charge in [-0.3, -0.25) is 0 Å². The minimum Gasteiger partial charge on any atom is -1.00 e. The van der Waals surface area contributed by atoms with Crippen molar-refractivity contribution in [3.63, 3.8) is 0 Å². The molecular weight excluding hydrogens is 371 g/mol. The predicted octanol–water partition coefficient (Wildman–Crippen LogP) is 0.0318. The van der Waals surface area contributed by atoms with Gasteiger partial charge in [0.15, 0.2) is 0 Å². The second-order valence-corrected chi connectivity index (χ2v) is 8.08. The molecule has 0 N–H and O–H groups in total. The molecule has 0 atom stereocenters. The van der Waals surface area contributed by atoms with Crippen LogP contribution in [0.4, 0.5) is 0 Å². The van der Waals surface area contributed by atoms with Crippen molar-refractivity contribution in [2.45, 2.75) is 69.2 Å². The molecule has 0 nitrogen and oxygen atoms in total. The quantitative estimate of drug-likeness (QED) is 0.431. The minimum atomic E-state index is 0. The monoisotopic (exact) mass is 402 g/mol. The molecular formula is C21H32Cl2Ti-2. The summed E-state index contributed by atoms with van der Waals surface area (Å²) in [4.78, 5) is 0. The minimum absolute atomic E-state index is 0. The molecule has 3 heteroatoms. The van der Waals surface area contributed by atoms with E-state index in [1.165, 1.54) is 48.3 Å². The molecule has 24 heavy (non-hydrogen) atoms. The van der Waals surface area contributed by atoms with Gasteiger partial charge >= 0.3 is 37.6 Å². The Morgan fingerprint density at radius 1 is 0.708 bits per heavy atom. The summed E-state index contributed by atoms with van der Waals surface area (Å²) in [6.07, 6.45) is 0. The topological polar surface area (TPSA) is 0 Å². The van der Waals surface area contributed by atoms with E-state index in [1.807, 2.05) is 0 Å². The van der Waals surface area contributed by atoms with Crippen LogP contribution < -0.4 is 24.8 Å². The van der Waals surface area contributed by atoms with Crippen LogP contribution in [0.3, 0.4) is 0 Å². The zero-order valence-corrected chi connectivity index (χ0v) is 20.0. The summed E-state index contributed by atoms with van der Waals surface area (Å²) in [7, 11) is 0. The first kappa shape index (κ1) is 28.7. The zero-order valence-electron chi connectivity index (χ0n) is 16.9. The van der Waals surface area contributed by atoms with E-state index in [4.69, 9.17) is 0 Å². The Kier molecular flexibility index (Phi) is 15.7. The van der Waals surface area contributed by atoms with Gasteiger partial charge in [0.25, 0.3) is 0 Å². The maximum Gasteiger partial charge on any atom is -0.0630 e. The molecule has 0 aliphatic carbocycles. The molecule has 0 heterocycles. The van der Waals surface area contributed by atoms with E-state index < -0.39 is 0 Å². The zero-order chi connectivity index (χ0) is 17.6. The predicted molar refractivity (Wildman–Crippen MR) is 98.3 cm³/mol. The molecule has 0 bridgehead atoms. The molecule has 0 aliphatic rings. The van der Waals surface area contributed by atoms with Crippen molar-refractivity contribution in [1.82, 2.24) is 0 Å². The van der Waals surface area contributed by atoms with Crippen LogP contribution in [0.2, 0.25) is 0 Å². The number of halogens is 2. The maximum atomic E-state index is 2.24. The van der Waals surface area contributed by atoms with Crippen LogP contribution in [0.1, 0.15) is 58.4 Å². The van der Waals surface area contributed by atoms with E-state index in [0.29, 0.717) is 0 Å². The first-order valence-corrected chi connectivity index (χ1v) is 8.69. The van der Waals surface area contributed by atoms with Gasteiger partial charge in [-0.05, 0) is 0 Å². The fourth-order valence-electron chi connectivity index (χ4n) is 2.27. The van der Waals surface area contributed by atoms with E-state index in [0.717, 1.165) is 0 Å².